The molecule has 0 radical (unpaired) electrons. The van der Waals surface area contributed by atoms with Crippen LogP contribution in [-0.4, -0.2) is 9.70 Å². The van der Waals surface area contributed by atoms with Crippen LogP contribution in [0.15, 0.2) is 120 Å². The predicted molar refractivity (Wildman–Crippen MR) is 128 cm³/mol. The van der Waals surface area contributed by atoms with Crippen LogP contribution < -0.4 is 15.9 Å². The fraction of sp³-hybridized carbons (Fsp3) is 0.0769. The maximum atomic E-state index is 13.6. The predicted octanol–water partition coefficient (Wildman–Crippen LogP) is 5.05. The van der Waals surface area contributed by atoms with Crippen LogP contribution in [0.5, 0.6) is 0 Å². The summed E-state index contributed by atoms with van der Waals surface area (Å²) in [6, 6.07) is 39.9. The van der Waals surface area contributed by atoms with Gasteiger partial charge in [0, 0.05) is 4.90 Å². The lowest BCUT2D eigenvalue weighted by molar-refractivity contribution is 0.686. The van der Waals surface area contributed by atoms with Crippen LogP contribution in [0.4, 0.5) is 0 Å². The molecular weight excluding hydrogens is 391 g/mol. The van der Waals surface area contributed by atoms with E-state index in [9.17, 15) is 4.21 Å². The molecule has 0 amide bonds. The zero-order chi connectivity index (χ0) is 20.1. The van der Waals surface area contributed by atoms with Crippen molar-refractivity contribution in [2.45, 2.75) is 11.8 Å². The van der Waals surface area contributed by atoms with Crippen LogP contribution in [0.2, 0.25) is 0 Å². The first kappa shape index (κ1) is 19.8. The third kappa shape index (κ3) is 4.10. The first-order valence-corrected chi connectivity index (χ1v) is 13.0. The molecule has 1 unspecified atom stereocenters. The molecule has 0 fully saturated rings. The Labute approximate surface area is 176 Å². The molecule has 0 aliphatic carbocycles. The Kier molecular flexibility index (Phi) is 6.04. The van der Waals surface area contributed by atoms with Crippen molar-refractivity contribution in [1.82, 2.24) is 0 Å². The van der Waals surface area contributed by atoms with Crippen molar-refractivity contribution in [2.24, 2.45) is 0 Å². The second-order valence-corrected chi connectivity index (χ2v) is 12.5. The van der Waals surface area contributed by atoms with Gasteiger partial charge in [0.05, 0.1) is 10.8 Å². The first-order chi connectivity index (χ1) is 14.2. The van der Waals surface area contributed by atoms with Crippen LogP contribution in [0, 0.1) is 6.92 Å². The zero-order valence-corrected chi connectivity index (χ0v) is 18.2. The van der Waals surface area contributed by atoms with Gasteiger partial charge in [-0.25, -0.2) is 0 Å². The number of hydrogen-bond acceptors (Lipinski definition) is 1. The van der Waals surface area contributed by atoms with E-state index in [4.69, 9.17) is 0 Å². The third-order valence-electron chi connectivity index (χ3n) is 5.19. The first-order valence-electron chi connectivity index (χ1n) is 9.70. The van der Waals surface area contributed by atoms with Gasteiger partial charge in [-0.05, 0) is 55.5 Å². The van der Waals surface area contributed by atoms with Crippen LogP contribution in [0.25, 0.3) is 0 Å². The molecule has 0 aliphatic rings. The van der Waals surface area contributed by atoms with Crippen molar-refractivity contribution in [1.29, 1.82) is 0 Å². The van der Waals surface area contributed by atoms with Gasteiger partial charge in [0.25, 0.3) is 0 Å². The van der Waals surface area contributed by atoms with E-state index in [1.807, 2.05) is 42.5 Å². The van der Waals surface area contributed by atoms with Gasteiger partial charge in [0.15, 0.2) is 5.49 Å². The molecule has 4 aromatic carbocycles. The lowest BCUT2D eigenvalue weighted by Crippen LogP contribution is -2.34. The number of hydrogen-bond donors (Lipinski definition) is 0. The molecule has 0 saturated carbocycles. The molecule has 0 bridgehead atoms. The molecule has 29 heavy (non-hydrogen) atoms. The summed E-state index contributed by atoms with van der Waals surface area (Å²) in [5.74, 6) is 0. The normalized spacial score (nSPS) is 12.4. The summed E-state index contributed by atoms with van der Waals surface area (Å²) in [5, 5.41) is 3.79. The molecule has 1 nitrogen and oxygen atoms in total. The second kappa shape index (κ2) is 8.86. The molecular formula is C26H24OPS+. The molecule has 4 aromatic rings. The summed E-state index contributed by atoms with van der Waals surface area (Å²) in [6.07, 6.45) is 0. The summed E-state index contributed by atoms with van der Waals surface area (Å²) < 4.78 is 13.6. The standard InChI is InChI=1S/C26H24OPS/c1-22-17-19-26(20-18-22)29(27)21-28(23-11-5-2-6-12-23,24-13-7-3-8-14-24)25-15-9-4-10-16-25/h2-20H,21H2,1H3/q+1. The Morgan fingerprint density at radius 3 is 1.34 bits per heavy atom. The van der Waals surface area contributed by atoms with Gasteiger partial charge in [-0.1, -0.05) is 72.3 Å². The van der Waals surface area contributed by atoms with Gasteiger partial charge < -0.3 is 0 Å². The topological polar surface area (TPSA) is 17.1 Å². The van der Waals surface area contributed by atoms with Gasteiger partial charge >= 0.3 is 0 Å². The van der Waals surface area contributed by atoms with E-state index in [0.29, 0.717) is 5.49 Å². The van der Waals surface area contributed by atoms with Gasteiger partial charge in [0.2, 0.25) is 0 Å². The molecule has 0 heterocycles. The van der Waals surface area contributed by atoms with Crippen LogP contribution in [-0.2, 0) is 10.8 Å². The summed E-state index contributed by atoms with van der Waals surface area (Å²) in [5.41, 5.74) is 1.77. The molecule has 144 valence electrons. The van der Waals surface area contributed by atoms with Gasteiger partial charge in [-0.3, -0.25) is 4.21 Å². The number of rotatable bonds is 6. The summed E-state index contributed by atoms with van der Waals surface area (Å²) >= 11 is 0. The lowest BCUT2D eigenvalue weighted by Gasteiger charge is -2.27. The van der Waals surface area contributed by atoms with Crippen LogP contribution in [0.3, 0.4) is 0 Å². The average Bonchev–Trinajstić information content (AvgIpc) is 2.79. The second-order valence-electron chi connectivity index (χ2n) is 7.10. The maximum Gasteiger partial charge on any atom is 0.152 e. The van der Waals surface area contributed by atoms with Crippen molar-refractivity contribution in [3.63, 3.8) is 0 Å². The molecule has 0 aliphatic heterocycles. The highest BCUT2D eigenvalue weighted by molar-refractivity contribution is 8.06. The van der Waals surface area contributed by atoms with E-state index in [-0.39, 0.29) is 0 Å². The molecule has 0 saturated heterocycles. The highest BCUT2D eigenvalue weighted by atomic mass is 32.2. The zero-order valence-electron chi connectivity index (χ0n) is 16.4. The monoisotopic (exact) mass is 415 g/mol. The number of aryl methyl sites for hydroxylation is 1. The Morgan fingerprint density at radius 2 is 0.966 bits per heavy atom. The minimum absolute atomic E-state index is 0.591. The van der Waals surface area contributed by atoms with Crippen molar-refractivity contribution >= 4 is 34.0 Å². The Bertz CT molecular complexity index is 981. The maximum absolute atomic E-state index is 13.6. The molecule has 3 heteroatoms. The lowest BCUT2D eigenvalue weighted by atomic mass is 10.2. The van der Waals surface area contributed by atoms with E-state index < -0.39 is 18.1 Å². The Hall–Kier alpha value is -2.54. The fourth-order valence-electron chi connectivity index (χ4n) is 3.66. The molecule has 4 rings (SSSR count). The van der Waals surface area contributed by atoms with E-state index in [2.05, 4.69) is 79.7 Å². The van der Waals surface area contributed by atoms with E-state index >= 15 is 0 Å². The van der Waals surface area contributed by atoms with Crippen molar-refractivity contribution in [2.75, 3.05) is 5.49 Å². The van der Waals surface area contributed by atoms with Crippen molar-refractivity contribution in [3.05, 3.63) is 121 Å². The summed E-state index contributed by atoms with van der Waals surface area (Å²) in [4.78, 5) is 0.891. The van der Waals surface area contributed by atoms with Crippen LogP contribution >= 0.6 is 7.26 Å². The van der Waals surface area contributed by atoms with E-state index in [1.54, 1.807) is 0 Å². The van der Waals surface area contributed by atoms with Crippen molar-refractivity contribution in [3.8, 4) is 0 Å². The molecule has 1 atom stereocenters. The third-order valence-corrected chi connectivity index (χ3v) is 12.0. The highest BCUT2D eigenvalue weighted by Gasteiger charge is 2.47. The molecule has 0 spiro atoms. The largest absolute Gasteiger partial charge is 0.250 e. The summed E-state index contributed by atoms with van der Waals surface area (Å²) in [6.45, 7) is 2.06. The van der Waals surface area contributed by atoms with Crippen molar-refractivity contribution < 1.29 is 4.21 Å². The smallest absolute Gasteiger partial charge is 0.152 e. The fourth-order valence-corrected chi connectivity index (χ4v) is 10.8. The van der Waals surface area contributed by atoms with E-state index in [1.165, 1.54) is 21.5 Å². The highest BCUT2D eigenvalue weighted by Crippen LogP contribution is 2.56. The van der Waals surface area contributed by atoms with Gasteiger partial charge in [-0.15, -0.1) is 0 Å². The quantitative estimate of drug-likeness (QED) is 0.403. The molecule has 0 aromatic heterocycles. The van der Waals surface area contributed by atoms with Gasteiger partial charge in [-0.2, -0.15) is 0 Å². The van der Waals surface area contributed by atoms with Gasteiger partial charge in [0.1, 0.15) is 23.2 Å². The average molecular weight is 416 g/mol. The van der Waals surface area contributed by atoms with Crippen LogP contribution in [0.1, 0.15) is 5.56 Å². The Balaban J connectivity index is 1.92. The minimum atomic E-state index is -2.09. The SMILES string of the molecule is Cc1ccc(S(=O)C[P+](c2ccccc2)(c2ccccc2)c2ccccc2)cc1. The van der Waals surface area contributed by atoms with E-state index in [0.717, 1.165) is 4.90 Å². The number of benzene rings is 4. The summed E-state index contributed by atoms with van der Waals surface area (Å²) in [7, 11) is -3.20. The Morgan fingerprint density at radius 1 is 0.586 bits per heavy atom. The minimum Gasteiger partial charge on any atom is -0.250 e. The molecule has 0 N–H and O–H groups in total.